The molecule has 1 atom stereocenters. The van der Waals surface area contributed by atoms with Gasteiger partial charge in [-0.3, -0.25) is 0 Å². The van der Waals surface area contributed by atoms with Crippen LogP contribution >= 0.6 is 0 Å². The van der Waals surface area contributed by atoms with Gasteiger partial charge in [0.1, 0.15) is 0 Å². The first-order valence-corrected chi connectivity index (χ1v) is 21.4. The van der Waals surface area contributed by atoms with Crippen LogP contribution < -0.4 is 9.80 Å². The van der Waals surface area contributed by atoms with Crippen LogP contribution in [-0.4, -0.2) is 126 Å². The third-order valence-corrected chi connectivity index (χ3v) is 14.7. The highest BCUT2D eigenvalue weighted by molar-refractivity contribution is 7.89. The maximum Gasteiger partial charge on any atom is 0.282 e. The largest absolute Gasteiger partial charge is 0.378 e. The summed E-state index contributed by atoms with van der Waals surface area (Å²) >= 11 is 0. The van der Waals surface area contributed by atoms with Crippen molar-refractivity contribution in [2.45, 2.75) is 56.8 Å². The molecule has 276 valence electrons. The summed E-state index contributed by atoms with van der Waals surface area (Å²) in [6, 6.07) is 15.3. The Morgan fingerprint density at radius 2 is 1.38 bits per heavy atom. The van der Waals surface area contributed by atoms with Gasteiger partial charge in [0.2, 0.25) is 10.0 Å². The molecule has 3 aliphatic rings. The van der Waals surface area contributed by atoms with Crippen LogP contribution in [0.25, 0.3) is 10.9 Å². The number of piperazine rings is 1. The number of sulfonamides is 1. The van der Waals surface area contributed by atoms with Crippen LogP contribution in [0.2, 0.25) is 0 Å². The van der Waals surface area contributed by atoms with Gasteiger partial charge in [0.25, 0.3) is 10.2 Å². The van der Waals surface area contributed by atoms with E-state index >= 15 is 0 Å². The lowest BCUT2D eigenvalue weighted by Gasteiger charge is -2.39. The van der Waals surface area contributed by atoms with Gasteiger partial charge in [-0.15, -0.1) is 0 Å². The van der Waals surface area contributed by atoms with Gasteiger partial charge in [0.15, 0.2) is 0 Å². The van der Waals surface area contributed by atoms with Crippen LogP contribution in [0.3, 0.4) is 0 Å². The minimum atomic E-state index is -3.78. The second-order valence-electron chi connectivity index (χ2n) is 14.8. The lowest BCUT2D eigenvalue weighted by atomic mass is 9.89. The Kier molecular flexibility index (Phi) is 12.1. The molecule has 0 spiro atoms. The molecule has 1 N–H and O–H groups in total. The zero-order valence-electron chi connectivity index (χ0n) is 30.2. The van der Waals surface area contributed by atoms with Crippen LogP contribution in [0.1, 0.15) is 51.9 Å². The Bertz CT molecular complexity index is 1750. The summed E-state index contributed by atoms with van der Waals surface area (Å²) in [5.41, 5.74) is 3.13. The molecule has 3 fully saturated rings. The van der Waals surface area contributed by atoms with E-state index in [0.717, 1.165) is 54.8 Å². The molecule has 0 bridgehead atoms. The summed E-state index contributed by atoms with van der Waals surface area (Å²) in [5.74, 6) is 0.464. The molecule has 0 radical (unpaired) electrons. The minimum absolute atomic E-state index is 0.189. The number of anilines is 2. The van der Waals surface area contributed by atoms with Gasteiger partial charge in [-0.25, -0.2) is 8.42 Å². The number of nitrogens with one attached hydrogen (secondary N) is 1. The molecule has 0 unspecified atom stereocenters. The molecule has 1 aliphatic carbocycles. The first-order chi connectivity index (χ1) is 24.0. The Hall–Kier alpha value is -2.68. The summed E-state index contributed by atoms with van der Waals surface area (Å²) in [6.07, 6.45) is 9.77. The Labute approximate surface area is 300 Å². The fourth-order valence-electron chi connectivity index (χ4n) is 8.07. The van der Waals surface area contributed by atoms with E-state index in [1.807, 2.05) is 50.3 Å². The van der Waals surface area contributed by atoms with E-state index in [0.29, 0.717) is 45.2 Å². The second-order valence-corrected chi connectivity index (χ2v) is 18.7. The van der Waals surface area contributed by atoms with Crippen molar-refractivity contribution < 1.29 is 16.8 Å². The fourth-order valence-corrected chi connectivity index (χ4v) is 11.4. The molecule has 1 saturated carbocycles. The molecule has 13 heteroatoms. The number of benzene rings is 2. The molecule has 50 heavy (non-hydrogen) atoms. The van der Waals surface area contributed by atoms with E-state index in [9.17, 15) is 16.8 Å². The number of hydrogen-bond donors (Lipinski definition) is 1. The zero-order valence-corrected chi connectivity index (χ0v) is 31.8. The van der Waals surface area contributed by atoms with E-state index in [1.165, 1.54) is 32.1 Å². The SMILES string of the molecule is C[C@H]1CN(S(=O)(=O)c2ccc(N(C)C)cc2)CCCN(CC2CCCCC2)CCCN(S(=O)(=O)N2CCN(c3cccc4[nH]ccc34)CC2)C1. The highest BCUT2D eigenvalue weighted by atomic mass is 32.2. The Morgan fingerprint density at radius 3 is 2.06 bits per heavy atom. The third-order valence-electron chi connectivity index (χ3n) is 10.8. The van der Waals surface area contributed by atoms with E-state index in [1.54, 1.807) is 25.0 Å². The molecule has 0 amide bonds. The van der Waals surface area contributed by atoms with E-state index in [-0.39, 0.29) is 23.9 Å². The summed E-state index contributed by atoms with van der Waals surface area (Å²) in [4.78, 5) is 10.3. The minimum Gasteiger partial charge on any atom is -0.378 e. The quantitative estimate of drug-likeness (QED) is 0.352. The maximum absolute atomic E-state index is 14.4. The number of aromatic nitrogens is 1. The van der Waals surface area contributed by atoms with Gasteiger partial charge < -0.3 is 19.7 Å². The van der Waals surface area contributed by atoms with Gasteiger partial charge in [-0.2, -0.15) is 21.3 Å². The van der Waals surface area contributed by atoms with Crippen molar-refractivity contribution in [3.63, 3.8) is 0 Å². The Morgan fingerprint density at radius 1 is 0.720 bits per heavy atom. The van der Waals surface area contributed by atoms with Crippen LogP contribution in [0, 0.1) is 11.8 Å². The van der Waals surface area contributed by atoms with Crippen LogP contribution in [0.5, 0.6) is 0 Å². The molecule has 3 heterocycles. The smallest absolute Gasteiger partial charge is 0.282 e. The summed E-state index contributed by atoms with van der Waals surface area (Å²) in [7, 11) is -3.67. The average molecular weight is 728 g/mol. The fraction of sp³-hybridized carbons (Fsp3) is 0.622. The number of aromatic amines is 1. The van der Waals surface area contributed by atoms with Crippen molar-refractivity contribution in [3.8, 4) is 0 Å². The van der Waals surface area contributed by atoms with Crippen molar-refractivity contribution in [2.75, 3.05) is 95.9 Å². The number of rotatable bonds is 8. The highest BCUT2D eigenvalue weighted by Crippen LogP contribution is 2.29. The average Bonchev–Trinajstić information content (AvgIpc) is 3.60. The van der Waals surface area contributed by atoms with E-state index in [4.69, 9.17) is 0 Å². The van der Waals surface area contributed by atoms with E-state index in [2.05, 4.69) is 33.0 Å². The number of hydrogen-bond acceptors (Lipinski definition) is 7. The van der Waals surface area contributed by atoms with E-state index < -0.39 is 20.2 Å². The second kappa shape index (κ2) is 16.3. The Balaban J connectivity index is 1.20. The molecule has 2 saturated heterocycles. The summed E-state index contributed by atoms with van der Waals surface area (Å²) < 4.78 is 61.9. The van der Waals surface area contributed by atoms with Crippen molar-refractivity contribution >= 4 is 42.5 Å². The zero-order chi connectivity index (χ0) is 35.3. The van der Waals surface area contributed by atoms with Gasteiger partial charge in [0, 0.05) is 101 Å². The lowest BCUT2D eigenvalue weighted by molar-refractivity contribution is 0.179. The molecule has 3 aromatic rings. The van der Waals surface area contributed by atoms with Crippen molar-refractivity contribution in [1.29, 1.82) is 0 Å². The predicted octanol–water partition coefficient (Wildman–Crippen LogP) is 4.91. The number of nitrogens with zero attached hydrogens (tertiary/aromatic N) is 6. The molecular formula is C37H57N7O4S2. The maximum atomic E-state index is 14.4. The molecule has 2 aliphatic heterocycles. The third kappa shape index (κ3) is 8.67. The predicted molar refractivity (Wildman–Crippen MR) is 204 cm³/mol. The van der Waals surface area contributed by atoms with Gasteiger partial charge >= 0.3 is 0 Å². The monoisotopic (exact) mass is 727 g/mol. The molecule has 6 rings (SSSR count). The number of fused-ring (bicyclic) bond motifs is 1. The van der Waals surface area contributed by atoms with Crippen molar-refractivity contribution in [2.24, 2.45) is 11.8 Å². The van der Waals surface area contributed by atoms with Crippen molar-refractivity contribution in [1.82, 2.24) is 22.8 Å². The van der Waals surface area contributed by atoms with Crippen LogP contribution in [0.4, 0.5) is 11.4 Å². The van der Waals surface area contributed by atoms with Gasteiger partial charge in [0.05, 0.1) is 4.90 Å². The highest BCUT2D eigenvalue weighted by Gasteiger charge is 2.35. The first-order valence-electron chi connectivity index (χ1n) is 18.6. The summed E-state index contributed by atoms with van der Waals surface area (Å²) in [6.45, 7) is 8.01. The van der Waals surface area contributed by atoms with Crippen molar-refractivity contribution in [3.05, 3.63) is 54.7 Å². The molecule has 2 aromatic carbocycles. The van der Waals surface area contributed by atoms with Crippen LogP contribution in [0.15, 0.2) is 59.6 Å². The summed E-state index contributed by atoms with van der Waals surface area (Å²) in [5, 5.41) is 1.15. The van der Waals surface area contributed by atoms with Crippen LogP contribution in [-0.2, 0) is 20.2 Å². The topological polar surface area (TPSA) is 104 Å². The molecule has 1 aromatic heterocycles. The van der Waals surface area contributed by atoms with Gasteiger partial charge in [-0.1, -0.05) is 32.3 Å². The lowest BCUT2D eigenvalue weighted by Crippen LogP contribution is -2.54. The van der Waals surface area contributed by atoms with Gasteiger partial charge in [-0.05, 0) is 93.1 Å². The standard InChI is InChI=1S/C37H57N7O4S2/c1-31-28-43(49(45,46)34-16-14-33(15-17-34)39(2)3)22-8-20-40(30-32-10-5-4-6-11-32)21-9-23-44(29-31)50(47,48)42-26-24-41(25-27-42)37-13-7-12-36-35(37)18-19-38-36/h7,12-19,31-32,38H,4-6,8-11,20-30H2,1-3H3/t31-/m0/s1. The molecule has 11 nitrogen and oxygen atoms in total. The number of H-pyrrole nitrogens is 1. The first kappa shape index (κ1) is 37.1. The molecular weight excluding hydrogens is 671 g/mol. The normalized spacial score (nSPS) is 22.7.